The van der Waals surface area contributed by atoms with Crippen molar-refractivity contribution in [2.75, 3.05) is 0 Å². The van der Waals surface area contributed by atoms with Gasteiger partial charge in [0.25, 0.3) is 0 Å². The molecule has 0 atom stereocenters. The molecule has 2 aromatic rings. The van der Waals surface area contributed by atoms with E-state index in [9.17, 15) is 0 Å². The Hall–Kier alpha value is -0.930. The minimum atomic E-state index is 0.552. The lowest BCUT2D eigenvalue weighted by atomic mass is 10.1. The second kappa shape index (κ2) is 5.37. The lowest BCUT2D eigenvalue weighted by Gasteiger charge is -2.08. The zero-order chi connectivity index (χ0) is 13.3. The number of hydrogen-bond donors (Lipinski definition) is 0. The molecule has 4 heteroatoms. The Morgan fingerprint density at radius 2 is 1.94 bits per heavy atom. The molecule has 0 fully saturated rings. The van der Waals surface area contributed by atoms with Crippen LogP contribution >= 0.6 is 27.5 Å². The molecule has 0 aliphatic carbocycles. The van der Waals surface area contributed by atoms with E-state index in [1.165, 1.54) is 5.56 Å². The van der Waals surface area contributed by atoms with Gasteiger partial charge in [-0.1, -0.05) is 46.6 Å². The summed E-state index contributed by atoms with van der Waals surface area (Å²) in [5.41, 5.74) is 4.13. The first-order chi connectivity index (χ1) is 8.52. The van der Waals surface area contributed by atoms with Crippen LogP contribution in [0.1, 0.15) is 23.7 Å². The van der Waals surface area contributed by atoms with Gasteiger partial charge in [-0.25, -0.2) is 9.97 Å². The molecule has 0 saturated carbocycles. The van der Waals surface area contributed by atoms with E-state index in [4.69, 9.17) is 11.6 Å². The minimum Gasteiger partial charge on any atom is -0.233 e. The second-order valence-corrected chi connectivity index (χ2v) is 5.43. The Morgan fingerprint density at radius 1 is 1.22 bits per heavy atom. The summed E-state index contributed by atoms with van der Waals surface area (Å²) in [4.78, 5) is 8.91. The smallest absolute Gasteiger partial charge is 0.161 e. The summed E-state index contributed by atoms with van der Waals surface area (Å²) in [6.07, 6.45) is 0.850. The fourth-order valence-corrected chi connectivity index (χ4v) is 2.55. The number of hydrogen-bond acceptors (Lipinski definition) is 2. The second-order valence-electron chi connectivity index (χ2n) is 4.22. The fourth-order valence-electron chi connectivity index (χ4n) is 1.82. The van der Waals surface area contributed by atoms with Gasteiger partial charge in [0.2, 0.25) is 0 Å². The van der Waals surface area contributed by atoms with Gasteiger partial charge < -0.3 is 0 Å². The number of aryl methyl sites for hydroxylation is 2. The van der Waals surface area contributed by atoms with Crippen molar-refractivity contribution in [1.29, 1.82) is 0 Å². The maximum absolute atomic E-state index is 6.19. The Bertz CT molecular complexity index is 573. The Kier molecular flexibility index (Phi) is 4.03. The number of aromatic nitrogens is 2. The van der Waals surface area contributed by atoms with Gasteiger partial charge in [0.15, 0.2) is 5.82 Å². The van der Waals surface area contributed by atoms with Crippen LogP contribution in [0.25, 0.3) is 11.4 Å². The standard InChI is InChI=1S/C14H14BrClN2/c1-4-11-9(3)17-14(18-13(11)16)10-6-5-8(2)12(15)7-10/h5-7H,4H2,1-3H3. The van der Waals surface area contributed by atoms with Gasteiger partial charge in [0, 0.05) is 21.3 Å². The molecule has 1 aromatic carbocycles. The maximum Gasteiger partial charge on any atom is 0.161 e. The largest absolute Gasteiger partial charge is 0.233 e. The summed E-state index contributed by atoms with van der Waals surface area (Å²) >= 11 is 9.71. The molecule has 0 aliphatic heterocycles. The normalized spacial score (nSPS) is 10.7. The third kappa shape index (κ3) is 2.57. The van der Waals surface area contributed by atoms with Crippen LogP contribution in [0.15, 0.2) is 22.7 Å². The molecule has 0 N–H and O–H groups in total. The Balaban J connectivity index is 2.54. The van der Waals surface area contributed by atoms with E-state index in [0.717, 1.165) is 27.7 Å². The number of halogens is 2. The summed E-state index contributed by atoms with van der Waals surface area (Å²) in [5, 5.41) is 0.552. The molecule has 1 aromatic heterocycles. The van der Waals surface area contributed by atoms with Crippen LogP contribution in [0.5, 0.6) is 0 Å². The predicted molar refractivity (Wildman–Crippen MR) is 79.0 cm³/mol. The third-order valence-electron chi connectivity index (χ3n) is 2.95. The number of benzene rings is 1. The van der Waals surface area contributed by atoms with Gasteiger partial charge in [0.05, 0.1) is 0 Å². The van der Waals surface area contributed by atoms with E-state index in [2.05, 4.69) is 32.8 Å². The molecule has 0 amide bonds. The molecule has 0 saturated heterocycles. The van der Waals surface area contributed by atoms with Crippen LogP contribution in [0.4, 0.5) is 0 Å². The van der Waals surface area contributed by atoms with Gasteiger partial charge in [-0.15, -0.1) is 0 Å². The molecule has 2 nitrogen and oxygen atoms in total. The van der Waals surface area contributed by atoms with E-state index in [1.807, 2.05) is 32.0 Å². The first-order valence-corrected chi connectivity index (χ1v) is 6.99. The molecule has 0 aliphatic rings. The molecule has 94 valence electrons. The third-order valence-corrected chi connectivity index (χ3v) is 4.11. The van der Waals surface area contributed by atoms with Crippen LogP contribution in [0.3, 0.4) is 0 Å². The summed E-state index contributed by atoms with van der Waals surface area (Å²) in [7, 11) is 0. The molecule has 2 rings (SSSR count). The first kappa shape index (κ1) is 13.5. The van der Waals surface area contributed by atoms with Gasteiger partial charge in [0.1, 0.15) is 5.15 Å². The van der Waals surface area contributed by atoms with E-state index in [-0.39, 0.29) is 0 Å². The topological polar surface area (TPSA) is 25.8 Å². The van der Waals surface area contributed by atoms with Crippen molar-refractivity contribution in [2.45, 2.75) is 27.2 Å². The quantitative estimate of drug-likeness (QED) is 0.745. The monoisotopic (exact) mass is 324 g/mol. The van der Waals surface area contributed by atoms with Crippen molar-refractivity contribution in [1.82, 2.24) is 9.97 Å². The van der Waals surface area contributed by atoms with Gasteiger partial charge >= 0.3 is 0 Å². The Morgan fingerprint density at radius 3 is 2.50 bits per heavy atom. The van der Waals surface area contributed by atoms with Gasteiger partial charge in [-0.05, 0) is 31.9 Å². The Labute approximate surface area is 121 Å². The van der Waals surface area contributed by atoms with Crippen molar-refractivity contribution in [3.63, 3.8) is 0 Å². The highest BCUT2D eigenvalue weighted by Gasteiger charge is 2.10. The summed E-state index contributed by atoms with van der Waals surface area (Å²) in [5.74, 6) is 0.676. The zero-order valence-electron chi connectivity index (χ0n) is 10.6. The molecule has 0 radical (unpaired) electrons. The summed E-state index contributed by atoms with van der Waals surface area (Å²) in [6, 6.07) is 6.07. The van der Waals surface area contributed by atoms with E-state index in [0.29, 0.717) is 11.0 Å². The fraction of sp³-hybridized carbons (Fsp3) is 0.286. The van der Waals surface area contributed by atoms with Crippen molar-refractivity contribution in [3.8, 4) is 11.4 Å². The summed E-state index contributed by atoms with van der Waals surface area (Å²) < 4.78 is 1.05. The average molecular weight is 326 g/mol. The van der Waals surface area contributed by atoms with Crippen LogP contribution in [-0.2, 0) is 6.42 Å². The molecular weight excluding hydrogens is 312 g/mol. The van der Waals surface area contributed by atoms with Gasteiger partial charge in [-0.3, -0.25) is 0 Å². The van der Waals surface area contributed by atoms with Gasteiger partial charge in [-0.2, -0.15) is 0 Å². The molecule has 18 heavy (non-hydrogen) atoms. The van der Waals surface area contributed by atoms with E-state index in [1.54, 1.807) is 0 Å². The number of nitrogens with zero attached hydrogens (tertiary/aromatic N) is 2. The molecule has 1 heterocycles. The lowest BCUT2D eigenvalue weighted by Crippen LogP contribution is -1.99. The van der Waals surface area contributed by atoms with Crippen molar-refractivity contribution in [3.05, 3.63) is 44.6 Å². The van der Waals surface area contributed by atoms with Crippen molar-refractivity contribution >= 4 is 27.5 Å². The highest BCUT2D eigenvalue weighted by atomic mass is 79.9. The van der Waals surface area contributed by atoms with Crippen LogP contribution in [0, 0.1) is 13.8 Å². The average Bonchev–Trinajstić information content (AvgIpc) is 2.32. The highest BCUT2D eigenvalue weighted by molar-refractivity contribution is 9.10. The SMILES string of the molecule is CCc1c(C)nc(-c2ccc(C)c(Br)c2)nc1Cl. The molecule has 0 unspecified atom stereocenters. The predicted octanol–water partition coefficient (Wildman–Crippen LogP) is 4.74. The molecule has 0 spiro atoms. The summed E-state index contributed by atoms with van der Waals surface area (Å²) in [6.45, 7) is 6.08. The van der Waals surface area contributed by atoms with Crippen molar-refractivity contribution < 1.29 is 0 Å². The minimum absolute atomic E-state index is 0.552. The lowest BCUT2D eigenvalue weighted by molar-refractivity contribution is 1.00. The molecular formula is C14H14BrClN2. The number of rotatable bonds is 2. The van der Waals surface area contributed by atoms with E-state index >= 15 is 0 Å². The first-order valence-electron chi connectivity index (χ1n) is 5.82. The zero-order valence-corrected chi connectivity index (χ0v) is 12.9. The van der Waals surface area contributed by atoms with Crippen LogP contribution < -0.4 is 0 Å². The molecule has 0 bridgehead atoms. The highest BCUT2D eigenvalue weighted by Crippen LogP contribution is 2.26. The van der Waals surface area contributed by atoms with Crippen molar-refractivity contribution in [2.24, 2.45) is 0 Å². The maximum atomic E-state index is 6.19. The van der Waals surface area contributed by atoms with Crippen LogP contribution in [0.2, 0.25) is 5.15 Å². The van der Waals surface area contributed by atoms with E-state index < -0.39 is 0 Å². The van der Waals surface area contributed by atoms with Crippen LogP contribution in [-0.4, -0.2) is 9.97 Å².